The number of rotatable bonds is 0. The van der Waals surface area contributed by atoms with Gasteiger partial charge in [0.15, 0.2) is 5.15 Å². The van der Waals surface area contributed by atoms with E-state index < -0.39 is 0 Å². The second-order valence-corrected chi connectivity index (χ2v) is 7.25. The van der Waals surface area contributed by atoms with Crippen LogP contribution < -0.4 is 0 Å². The fourth-order valence-electron chi connectivity index (χ4n) is 1.93. The molecule has 2 rings (SSSR count). The fraction of sp³-hybridized carbons (Fsp3) is 0.533. The molecule has 0 saturated carbocycles. The molecular weight excluding hydrogens is 258 g/mol. The van der Waals surface area contributed by atoms with Gasteiger partial charge in [-0.1, -0.05) is 53.1 Å². The Kier molecular flexibility index (Phi) is 3.29. The molecule has 0 aliphatic rings. The van der Waals surface area contributed by atoms with Gasteiger partial charge in [-0.2, -0.15) is 0 Å². The molecule has 4 heteroatoms. The molecule has 19 heavy (non-hydrogen) atoms. The van der Waals surface area contributed by atoms with Crippen molar-refractivity contribution in [1.82, 2.24) is 15.0 Å². The van der Waals surface area contributed by atoms with Gasteiger partial charge in [0.1, 0.15) is 11.3 Å². The normalized spacial score (nSPS) is 13.0. The zero-order valence-electron chi connectivity index (χ0n) is 12.4. The number of halogens is 1. The predicted molar refractivity (Wildman–Crippen MR) is 79.7 cm³/mol. The lowest BCUT2D eigenvalue weighted by molar-refractivity contribution is 0.520. The maximum atomic E-state index is 6.20. The van der Waals surface area contributed by atoms with Crippen molar-refractivity contribution in [2.75, 3.05) is 0 Å². The Morgan fingerprint density at radius 1 is 0.947 bits per heavy atom. The molecule has 3 nitrogen and oxygen atoms in total. The Morgan fingerprint density at radius 3 is 2.11 bits per heavy atom. The van der Waals surface area contributed by atoms with Crippen LogP contribution in [0.15, 0.2) is 12.3 Å². The van der Waals surface area contributed by atoms with E-state index in [0.717, 1.165) is 22.4 Å². The summed E-state index contributed by atoms with van der Waals surface area (Å²) in [4.78, 5) is 13.5. The molecule has 102 valence electrons. The van der Waals surface area contributed by atoms with E-state index in [-0.39, 0.29) is 10.8 Å². The molecule has 0 fully saturated rings. The third-order valence-electron chi connectivity index (χ3n) is 2.95. The molecule has 0 N–H and O–H groups in total. The summed E-state index contributed by atoms with van der Waals surface area (Å²) < 4.78 is 0. The van der Waals surface area contributed by atoms with E-state index >= 15 is 0 Å². The monoisotopic (exact) mass is 277 g/mol. The van der Waals surface area contributed by atoms with Gasteiger partial charge in [-0.05, 0) is 6.07 Å². The lowest BCUT2D eigenvalue weighted by Crippen LogP contribution is -2.22. The summed E-state index contributed by atoms with van der Waals surface area (Å²) >= 11 is 6.20. The number of hydrogen-bond acceptors (Lipinski definition) is 3. The molecule has 0 spiro atoms. The fourth-order valence-corrected chi connectivity index (χ4v) is 2.13. The Hall–Kier alpha value is -1.22. The van der Waals surface area contributed by atoms with Crippen LogP contribution in [0, 0.1) is 0 Å². The highest BCUT2D eigenvalue weighted by Gasteiger charge is 2.25. The minimum atomic E-state index is -0.118. The predicted octanol–water partition coefficient (Wildman–Crippen LogP) is 4.27. The molecular formula is C15H20ClN3. The molecule has 0 aromatic carbocycles. The van der Waals surface area contributed by atoms with Gasteiger partial charge in [0.2, 0.25) is 0 Å². The summed E-state index contributed by atoms with van der Waals surface area (Å²) in [6, 6.07) is 1.94. The van der Waals surface area contributed by atoms with E-state index in [1.807, 2.05) is 6.07 Å². The van der Waals surface area contributed by atoms with Crippen LogP contribution in [0.1, 0.15) is 53.1 Å². The van der Waals surface area contributed by atoms with Gasteiger partial charge in [0.25, 0.3) is 0 Å². The second-order valence-electron chi connectivity index (χ2n) is 6.89. The van der Waals surface area contributed by atoms with Crippen molar-refractivity contribution in [2.45, 2.75) is 52.4 Å². The highest BCUT2D eigenvalue weighted by Crippen LogP contribution is 2.32. The van der Waals surface area contributed by atoms with Crippen molar-refractivity contribution in [3.63, 3.8) is 0 Å². The Bertz CT molecular complexity index is 622. The van der Waals surface area contributed by atoms with Crippen molar-refractivity contribution in [1.29, 1.82) is 0 Å². The third kappa shape index (κ3) is 2.71. The standard InChI is InChI=1S/C15H20ClN3/c1-14(2,3)11-9-7-8-17-12(16)10(9)18-13(19-11)15(4,5)6/h7-8H,1-6H3. The summed E-state index contributed by atoms with van der Waals surface area (Å²) in [6.45, 7) is 12.8. The molecule has 2 heterocycles. The second kappa shape index (κ2) is 4.41. The number of hydrogen-bond donors (Lipinski definition) is 0. The minimum absolute atomic E-state index is 0.0636. The van der Waals surface area contributed by atoms with E-state index in [1.165, 1.54) is 0 Å². The van der Waals surface area contributed by atoms with Crippen molar-refractivity contribution in [2.24, 2.45) is 0 Å². The molecule has 2 aromatic rings. The first-order valence-electron chi connectivity index (χ1n) is 6.44. The van der Waals surface area contributed by atoms with E-state index in [1.54, 1.807) is 6.20 Å². The first kappa shape index (κ1) is 14.2. The lowest BCUT2D eigenvalue weighted by atomic mass is 9.88. The number of fused-ring (bicyclic) bond motifs is 1. The summed E-state index contributed by atoms with van der Waals surface area (Å²) in [7, 11) is 0. The molecule has 0 radical (unpaired) electrons. The van der Waals surface area contributed by atoms with E-state index in [2.05, 4.69) is 51.5 Å². The third-order valence-corrected chi connectivity index (χ3v) is 3.23. The molecule has 0 saturated heterocycles. The molecule has 0 amide bonds. The summed E-state index contributed by atoms with van der Waals surface area (Å²) in [5.41, 5.74) is 1.58. The molecule has 2 aromatic heterocycles. The largest absolute Gasteiger partial charge is 0.242 e. The van der Waals surface area contributed by atoms with Crippen LogP contribution in [0.25, 0.3) is 10.9 Å². The molecule has 0 aliphatic carbocycles. The highest BCUT2D eigenvalue weighted by atomic mass is 35.5. The zero-order valence-corrected chi connectivity index (χ0v) is 13.1. The van der Waals surface area contributed by atoms with Crippen LogP contribution in [-0.2, 0) is 10.8 Å². The Morgan fingerprint density at radius 2 is 1.58 bits per heavy atom. The van der Waals surface area contributed by atoms with E-state index in [4.69, 9.17) is 16.6 Å². The minimum Gasteiger partial charge on any atom is -0.242 e. The van der Waals surface area contributed by atoms with E-state index in [0.29, 0.717) is 5.15 Å². The zero-order chi connectivity index (χ0) is 14.4. The SMILES string of the molecule is CC(C)(C)c1nc(C(C)(C)C)c2ccnc(Cl)c2n1. The van der Waals surface area contributed by atoms with Crippen LogP contribution in [0.5, 0.6) is 0 Å². The molecule has 0 unspecified atom stereocenters. The number of nitrogens with zero attached hydrogens (tertiary/aromatic N) is 3. The van der Waals surface area contributed by atoms with Crippen LogP contribution in [0.4, 0.5) is 0 Å². The number of aromatic nitrogens is 3. The topological polar surface area (TPSA) is 38.7 Å². The van der Waals surface area contributed by atoms with Gasteiger partial charge in [0, 0.05) is 22.4 Å². The Balaban J connectivity index is 2.89. The summed E-state index contributed by atoms with van der Waals surface area (Å²) in [5, 5.41) is 1.43. The maximum absolute atomic E-state index is 6.20. The molecule has 0 atom stereocenters. The first-order valence-corrected chi connectivity index (χ1v) is 6.82. The van der Waals surface area contributed by atoms with Crippen LogP contribution >= 0.6 is 11.6 Å². The Labute approximate surface area is 119 Å². The molecule has 0 bridgehead atoms. The van der Waals surface area contributed by atoms with E-state index in [9.17, 15) is 0 Å². The highest BCUT2D eigenvalue weighted by molar-refractivity contribution is 6.33. The summed E-state index contributed by atoms with van der Waals surface area (Å²) in [6.07, 6.45) is 1.71. The average molecular weight is 278 g/mol. The van der Waals surface area contributed by atoms with Crippen LogP contribution in [0.2, 0.25) is 5.15 Å². The van der Waals surface area contributed by atoms with Crippen LogP contribution in [0.3, 0.4) is 0 Å². The van der Waals surface area contributed by atoms with Gasteiger partial charge in [0.05, 0.1) is 5.69 Å². The van der Waals surface area contributed by atoms with Crippen molar-refractivity contribution >= 4 is 22.5 Å². The van der Waals surface area contributed by atoms with Gasteiger partial charge in [-0.25, -0.2) is 15.0 Å². The van der Waals surface area contributed by atoms with Crippen LogP contribution in [-0.4, -0.2) is 15.0 Å². The first-order chi connectivity index (χ1) is 8.60. The quantitative estimate of drug-likeness (QED) is 0.675. The van der Waals surface area contributed by atoms with Crippen molar-refractivity contribution in [3.8, 4) is 0 Å². The van der Waals surface area contributed by atoms with Crippen molar-refractivity contribution < 1.29 is 0 Å². The van der Waals surface area contributed by atoms with Gasteiger partial charge in [-0.3, -0.25) is 0 Å². The average Bonchev–Trinajstić information content (AvgIpc) is 2.25. The lowest BCUT2D eigenvalue weighted by Gasteiger charge is -2.24. The molecule has 0 aliphatic heterocycles. The van der Waals surface area contributed by atoms with Gasteiger partial charge in [-0.15, -0.1) is 0 Å². The smallest absolute Gasteiger partial charge is 0.155 e. The number of pyridine rings is 1. The maximum Gasteiger partial charge on any atom is 0.155 e. The van der Waals surface area contributed by atoms with Crippen molar-refractivity contribution in [3.05, 3.63) is 28.9 Å². The van der Waals surface area contributed by atoms with Gasteiger partial charge < -0.3 is 0 Å². The summed E-state index contributed by atoms with van der Waals surface area (Å²) in [5.74, 6) is 0.805. The van der Waals surface area contributed by atoms with Gasteiger partial charge >= 0.3 is 0 Å².